The van der Waals surface area contributed by atoms with Crippen LogP contribution in [-0.2, 0) is 14.3 Å². The highest BCUT2D eigenvalue weighted by atomic mass is 16.5. The molecular formula is C73H139NO5. The Morgan fingerprint density at radius 3 is 1.01 bits per heavy atom. The Morgan fingerprint density at radius 1 is 0.354 bits per heavy atom. The Morgan fingerprint density at radius 2 is 0.658 bits per heavy atom. The van der Waals surface area contributed by atoms with E-state index in [4.69, 9.17) is 4.74 Å². The maximum absolute atomic E-state index is 12.5. The number of esters is 1. The van der Waals surface area contributed by atoms with Gasteiger partial charge in [0.15, 0.2) is 0 Å². The number of hydrogen-bond donors (Lipinski definition) is 3. The molecule has 6 heteroatoms. The van der Waals surface area contributed by atoms with Gasteiger partial charge in [0.1, 0.15) is 0 Å². The molecule has 0 heterocycles. The zero-order valence-electron chi connectivity index (χ0n) is 53.4. The van der Waals surface area contributed by atoms with Gasteiger partial charge < -0.3 is 20.3 Å². The average Bonchev–Trinajstić information content (AvgIpc) is 3.45. The highest BCUT2D eigenvalue weighted by Gasteiger charge is 2.18. The molecule has 0 aromatic rings. The molecule has 2 atom stereocenters. The summed E-state index contributed by atoms with van der Waals surface area (Å²) in [7, 11) is 0. The maximum Gasteiger partial charge on any atom is 0.305 e. The van der Waals surface area contributed by atoms with E-state index in [-0.39, 0.29) is 18.5 Å². The summed E-state index contributed by atoms with van der Waals surface area (Å²) in [4.78, 5) is 24.5. The molecule has 0 saturated carbocycles. The van der Waals surface area contributed by atoms with Crippen LogP contribution >= 0.6 is 0 Å². The number of hydrogen-bond acceptors (Lipinski definition) is 5. The molecule has 3 N–H and O–H groups in total. The molecule has 0 rings (SSSR count). The first kappa shape index (κ1) is 77.1. The number of amides is 1. The third-order valence-electron chi connectivity index (χ3n) is 16.6. The van der Waals surface area contributed by atoms with Gasteiger partial charge in [-0.05, 0) is 57.8 Å². The summed E-state index contributed by atoms with van der Waals surface area (Å²) in [6.45, 7) is 4.86. The van der Waals surface area contributed by atoms with Crippen molar-refractivity contribution in [3.63, 3.8) is 0 Å². The lowest BCUT2D eigenvalue weighted by Gasteiger charge is -2.20. The van der Waals surface area contributed by atoms with Crippen LogP contribution in [0.4, 0.5) is 0 Å². The fraction of sp³-hybridized carbons (Fsp3) is 0.890. The Labute approximate surface area is 494 Å². The number of ether oxygens (including phenoxy) is 1. The molecule has 0 aliphatic carbocycles. The summed E-state index contributed by atoms with van der Waals surface area (Å²) in [5.74, 6) is -0.0537. The van der Waals surface area contributed by atoms with Crippen molar-refractivity contribution in [2.75, 3.05) is 13.2 Å². The van der Waals surface area contributed by atoms with E-state index in [9.17, 15) is 19.8 Å². The normalized spacial score (nSPS) is 12.7. The highest BCUT2D eigenvalue weighted by molar-refractivity contribution is 5.76. The van der Waals surface area contributed by atoms with E-state index >= 15 is 0 Å². The van der Waals surface area contributed by atoms with Gasteiger partial charge in [0.05, 0.1) is 25.4 Å². The summed E-state index contributed by atoms with van der Waals surface area (Å²) < 4.78 is 5.48. The predicted octanol–water partition coefficient (Wildman–Crippen LogP) is 23.1. The Kier molecular flexibility index (Phi) is 66.9. The van der Waals surface area contributed by atoms with Gasteiger partial charge in [-0.25, -0.2) is 0 Å². The monoisotopic (exact) mass is 1110 g/mol. The molecule has 0 aliphatic rings. The topological polar surface area (TPSA) is 95.9 Å². The summed E-state index contributed by atoms with van der Waals surface area (Å²) in [5, 5.41) is 23.1. The molecule has 2 unspecified atom stereocenters. The molecule has 0 aliphatic heterocycles. The van der Waals surface area contributed by atoms with Gasteiger partial charge in [-0.1, -0.05) is 359 Å². The van der Waals surface area contributed by atoms with Crippen molar-refractivity contribution in [2.45, 2.75) is 405 Å². The average molecular weight is 1110 g/mol. The molecule has 79 heavy (non-hydrogen) atoms. The van der Waals surface area contributed by atoms with Crippen molar-refractivity contribution < 1.29 is 24.5 Å². The summed E-state index contributed by atoms with van der Waals surface area (Å²) in [5.41, 5.74) is 0. The van der Waals surface area contributed by atoms with Crippen LogP contribution in [0, 0.1) is 0 Å². The number of aliphatic hydroxyl groups is 2. The van der Waals surface area contributed by atoms with Crippen LogP contribution < -0.4 is 5.32 Å². The number of allylic oxidation sites excluding steroid dienone is 5. The van der Waals surface area contributed by atoms with Gasteiger partial charge in [0.2, 0.25) is 5.91 Å². The second kappa shape index (κ2) is 68.6. The molecular weight excluding hydrogens is 971 g/mol. The van der Waals surface area contributed by atoms with Crippen LogP contribution in [-0.4, -0.2) is 47.4 Å². The number of carbonyl (C=O) groups excluding carboxylic acids is 2. The predicted molar refractivity (Wildman–Crippen MR) is 347 cm³/mol. The summed E-state index contributed by atoms with van der Waals surface area (Å²) in [6.07, 6.45) is 88.2. The van der Waals surface area contributed by atoms with Crippen molar-refractivity contribution in [3.05, 3.63) is 36.5 Å². The third kappa shape index (κ3) is 65.1. The molecule has 0 saturated heterocycles. The Balaban J connectivity index is 3.32. The molecule has 0 bridgehead atoms. The molecule has 6 nitrogen and oxygen atoms in total. The van der Waals surface area contributed by atoms with Crippen LogP contribution in [0.15, 0.2) is 36.5 Å². The number of unbranched alkanes of at least 4 members (excludes halogenated alkanes) is 52. The molecule has 0 aromatic heterocycles. The van der Waals surface area contributed by atoms with Gasteiger partial charge in [-0.3, -0.25) is 9.59 Å². The first-order valence-corrected chi connectivity index (χ1v) is 35.8. The van der Waals surface area contributed by atoms with Gasteiger partial charge in [0, 0.05) is 12.8 Å². The van der Waals surface area contributed by atoms with Crippen LogP contribution in [0.2, 0.25) is 0 Å². The molecule has 0 radical (unpaired) electrons. The lowest BCUT2D eigenvalue weighted by atomic mass is 10.0. The molecule has 466 valence electrons. The molecule has 0 aromatic carbocycles. The van der Waals surface area contributed by atoms with E-state index < -0.39 is 12.1 Å². The first-order valence-electron chi connectivity index (χ1n) is 35.8. The van der Waals surface area contributed by atoms with Crippen molar-refractivity contribution in [1.82, 2.24) is 5.32 Å². The highest BCUT2D eigenvalue weighted by Crippen LogP contribution is 2.19. The largest absolute Gasteiger partial charge is 0.466 e. The standard InChI is InChI=1S/C73H139NO5/c1-3-5-7-9-11-13-15-17-42-45-49-53-57-61-65-71(76)70(69-75)74-72(77)66-62-58-54-50-46-43-39-37-35-33-31-29-27-25-23-21-19-18-20-22-24-26-28-30-32-34-36-38-40-44-48-52-56-60-64-68-79-73(78)67-63-59-55-51-47-41-16-14-12-10-8-6-4-2/h8,10,14,16,61,65,70-71,75-76H,3-7,9,11-13,15,17-60,62-64,66-69H2,1-2H3,(H,74,77)/b10-8-,16-14-,65-61+. The van der Waals surface area contributed by atoms with E-state index in [1.165, 1.54) is 315 Å². The minimum atomic E-state index is -0.840. The van der Waals surface area contributed by atoms with Crippen LogP contribution in [0.25, 0.3) is 0 Å². The van der Waals surface area contributed by atoms with E-state index in [1.807, 2.05) is 6.08 Å². The van der Waals surface area contributed by atoms with Crippen LogP contribution in [0.3, 0.4) is 0 Å². The summed E-state index contributed by atoms with van der Waals surface area (Å²) >= 11 is 0. The number of carbonyl (C=O) groups is 2. The van der Waals surface area contributed by atoms with Crippen molar-refractivity contribution in [2.24, 2.45) is 0 Å². The smallest absolute Gasteiger partial charge is 0.305 e. The van der Waals surface area contributed by atoms with Crippen molar-refractivity contribution >= 4 is 11.9 Å². The van der Waals surface area contributed by atoms with Crippen molar-refractivity contribution in [3.8, 4) is 0 Å². The minimum Gasteiger partial charge on any atom is -0.466 e. The number of rotatable bonds is 67. The van der Waals surface area contributed by atoms with E-state index in [0.717, 1.165) is 51.4 Å². The molecule has 1 amide bonds. The van der Waals surface area contributed by atoms with E-state index in [2.05, 4.69) is 43.5 Å². The lowest BCUT2D eigenvalue weighted by Crippen LogP contribution is -2.45. The fourth-order valence-electron chi connectivity index (χ4n) is 11.2. The fourth-order valence-corrected chi connectivity index (χ4v) is 11.2. The van der Waals surface area contributed by atoms with Crippen molar-refractivity contribution in [1.29, 1.82) is 0 Å². The quantitative estimate of drug-likeness (QED) is 0.0320. The molecule has 0 fully saturated rings. The minimum absolute atomic E-state index is 0.00713. The SMILES string of the molecule is CCC/C=C\C/C=C\CCCCCCCC(=O)OCCCCCCCCCCCCCCCCCCCCCCCCCCCCCCCCCCCCCC(=O)NC(CO)C(O)/C=C/CCCCCCCCCCCCCC. The van der Waals surface area contributed by atoms with E-state index in [0.29, 0.717) is 19.4 Å². The first-order chi connectivity index (χ1) is 39.0. The Hall–Kier alpha value is -1.92. The maximum atomic E-state index is 12.5. The van der Waals surface area contributed by atoms with E-state index in [1.54, 1.807) is 6.08 Å². The van der Waals surface area contributed by atoms with Gasteiger partial charge in [-0.15, -0.1) is 0 Å². The second-order valence-electron chi connectivity index (χ2n) is 24.6. The molecule has 0 spiro atoms. The zero-order valence-corrected chi connectivity index (χ0v) is 53.4. The lowest BCUT2D eigenvalue weighted by molar-refractivity contribution is -0.143. The third-order valence-corrected chi connectivity index (χ3v) is 16.6. The second-order valence-corrected chi connectivity index (χ2v) is 24.6. The van der Waals surface area contributed by atoms with Crippen LogP contribution in [0.5, 0.6) is 0 Å². The van der Waals surface area contributed by atoms with Gasteiger partial charge >= 0.3 is 5.97 Å². The number of nitrogens with one attached hydrogen (secondary N) is 1. The summed E-state index contributed by atoms with van der Waals surface area (Å²) in [6, 6.07) is -0.623. The van der Waals surface area contributed by atoms with Gasteiger partial charge in [-0.2, -0.15) is 0 Å². The Bertz CT molecular complexity index is 1280. The van der Waals surface area contributed by atoms with Crippen LogP contribution in [0.1, 0.15) is 393 Å². The zero-order chi connectivity index (χ0) is 57.1. The number of aliphatic hydroxyl groups excluding tert-OH is 2. The van der Waals surface area contributed by atoms with Gasteiger partial charge in [0.25, 0.3) is 0 Å².